The fourth-order valence-electron chi connectivity index (χ4n) is 1.58. The summed E-state index contributed by atoms with van der Waals surface area (Å²) in [5, 5.41) is 25.0. The fourth-order valence-corrected chi connectivity index (χ4v) is 1.58. The third-order valence-electron chi connectivity index (χ3n) is 2.57. The summed E-state index contributed by atoms with van der Waals surface area (Å²) in [4.78, 5) is 9.95. The number of hydrogen-bond acceptors (Lipinski definition) is 6. The highest BCUT2D eigenvalue weighted by atomic mass is 19.1. The zero-order valence-electron chi connectivity index (χ0n) is 10.9. The molecule has 9 heteroatoms. The van der Waals surface area contributed by atoms with Gasteiger partial charge in [-0.3, -0.25) is 10.1 Å². The summed E-state index contributed by atoms with van der Waals surface area (Å²) in [6.07, 6.45) is 0. The zero-order valence-corrected chi connectivity index (χ0v) is 10.9. The Bertz CT molecular complexity index is 627. The summed E-state index contributed by atoms with van der Waals surface area (Å²) in [7, 11) is 0. The highest BCUT2D eigenvalue weighted by Crippen LogP contribution is 2.20. The Kier molecular flexibility index (Phi) is 3.99. The maximum absolute atomic E-state index is 13.3. The van der Waals surface area contributed by atoms with Crippen LogP contribution in [0.3, 0.4) is 0 Å². The molecule has 106 valence electrons. The van der Waals surface area contributed by atoms with Crippen LogP contribution in [0.25, 0.3) is 5.69 Å². The van der Waals surface area contributed by atoms with E-state index in [1.165, 1.54) is 10.7 Å². The molecule has 1 aromatic carbocycles. The van der Waals surface area contributed by atoms with Crippen LogP contribution in [0.4, 0.5) is 10.1 Å². The van der Waals surface area contributed by atoms with E-state index in [2.05, 4.69) is 20.8 Å². The molecule has 8 nitrogen and oxygen atoms in total. The molecule has 0 radical (unpaired) electrons. The standard InChI is InChI=1S/C11H13FN6O2/c1-7(2)13-6-11-14-15-16-17(11)8-3-4-9(12)10(5-8)18(19)20/h3-5,7,13H,6H2,1-2H3. The smallest absolute Gasteiger partial charge is 0.306 e. The monoisotopic (exact) mass is 280 g/mol. The SMILES string of the molecule is CC(C)NCc1nnnn1-c1ccc(F)c([N+](=O)[O-])c1. The van der Waals surface area contributed by atoms with E-state index in [-0.39, 0.29) is 6.04 Å². The molecule has 1 N–H and O–H groups in total. The lowest BCUT2D eigenvalue weighted by molar-refractivity contribution is -0.387. The normalized spacial score (nSPS) is 11.0. The van der Waals surface area contributed by atoms with Crippen LogP contribution in [0.2, 0.25) is 0 Å². The number of tetrazole rings is 1. The minimum atomic E-state index is -0.895. The molecule has 0 aliphatic carbocycles. The van der Waals surface area contributed by atoms with Gasteiger partial charge in [-0.2, -0.15) is 9.07 Å². The van der Waals surface area contributed by atoms with Crippen molar-refractivity contribution in [2.45, 2.75) is 26.4 Å². The van der Waals surface area contributed by atoms with Crippen LogP contribution in [-0.4, -0.2) is 31.2 Å². The Balaban J connectivity index is 2.35. The molecule has 0 aliphatic heterocycles. The molecule has 0 aliphatic rings. The van der Waals surface area contributed by atoms with Gasteiger partial charge in [0.2, 0.25) is 5.82 Å². The Morgan fingerprint density at radius 1 is 1.50 bits per heavy atom. The molecule has 0 saturated heterocycles. The summed E-state index contributed by atoms with van der Waals surface area (Å²) in [6.45, 7) is 4.34. The highest BCUT2D eigenvalue weighted by Gasteiger charge is 2.17. The first-order valence-electron chi connectivity index (χ1n) is 5.94. The molecule has 2 aromatic rings. The van der Waals surface area contributed by atoms with Gasteiger partial charge < -0.3 is 5.32 Å². The first-order chi connectivity index (χ1) is 9.49. The molecule has 0 saturated carbocycles. The Morgan fingerprint density at radius 2 is 2.25 bits per heavy atom. The van der Waals surface area contributed by atoms with Gasteiger partial charge in [0.05, 0.1) is 17.2 Å². The van der Waals surface area contributed by atoms with Gasteiger partial charge in [0.1, 0.15) is 0 Å². The van der Waals surface area contributed by atoms with Crippen LogP contribution >= 0.6 is 0 Å². The van der Waals surface area contributed by atoms with E-state index in [0.717, 1.165) is 12.1 Å². The molecule has 1 aromatic heterocycles. The number of halogens is 1. The van der Waals surface area contributed by atoms with E-state index in [9.17, 15) is 14.5 Å². The van der Waals surface area contributed by atoms with E-state index in [1.54, 1.807) is 0 Å². The Labute approximate surface area is 113 Å². The van der Waals surface area contributed by atoms with Gasteiger partial charge in [-0.05, 0) is 22.6 Å². The van der Waals surface area contributed by atoms with E-state index in [1.807, 2.05) is 13.8 Å². The van der Waals surface area contributed by atoms with Crippen molar-refractivity contribution in [3.05, 3.63) is 40.0 Å². The number of nitro benzene ring substituents is 1. The van der Waals surface area contributed by atoms with E-state index in [4.69, 9.17) is 0 Å². The molecular formula is C11H13FN6O2. The molecule has 0 fully saturated rings. The van der Waals surface area contributed by atoms with Crippen LogP contribution < -0.4 is 5.32 Å². The van der Waals surface area contributed by atoms with Gasteiger partial charge in [0.25, 0.3) is 0 Å². The van der Waals surface area contributed by atoms with Crippen LogP contribution in [0.1, 0.15) is 19.7 Å². The minimum absolute atomic E-state index is 0.239. The van der Waals surface area contributed by atoms with Crippen LogP contribution in [-0.2, 0) is 6.54 Å². The second-order valence-corrected chi connectivity index (χ2v) is 4.44. The average molecular weight is 280 g/mol. The average Bonchev–Trinajstić information content (AvgIpc) is 2.85. The zero-order chi connectivity index (χ0) is 14.7. The molecule has 0 unspecified atom stereocenters. The summed E-state index contributed by atoms with van der Waals surface area (Å²) < 4.78 is 14.6. The van der Waals surface area contributed by atoms with Crippen molar-refractivity contribution in [3.8, 4) is 5.69 Å². The maximum Gasteiger partial charge on any atom is 0.306 e. The van der Waals surface area contributed by atoms with E-state index in [0.29, 0.717) is 18.1 Å². The largest absolute Gasteiger partial charge is 0.308 e. The lowest BCUT2D eigenvalue weighted by atomic mass is 10.2. The van der Waals surface area contributed by atoms with Gasteiger partial charge in [-0.25, -0.2) is 0 Å². The van der Waals surface area contributed by atoms with Gasteiger partial charge in [0, 0.05) is 12.1 Å². The number of benzene rings is 1. The molecule has 0 atom stereocenters. The van der Waals surface area contributed by atoms with Crippen molar-refractivity contribution in [2.24, 2.45) is 0 Å². The number of aromatic nitrogens is 4. The topological polar surface area (TPSA) is 98.8 Å². The van der Waals surface area contributed by atoms with Crippen molar-refractivity contribution in [1.82, 2.24) is 25.5 Å². The van der Waals surface area contributed by atoms with Crippen LogP contribution in [0.15, 0.2) is 18.2 Å². The lowest BCUT2D eigenvalue weighted by Gasteiger charge is -2.08. The molecule has 20 heavy (non-hydrogen) atoms. The van der Waals surface area contributed by atoms with Crippen molar-refractivity contribution >= 4 is 5.69 Å². The molecular weight excluding hydrogens is 267 g/mol. The quantitative estimate of drug-likeness (QED) is 0.652. The van der Waals surface area contributed by atoms with Gasteiger partial charge in [0.15, 0.2) is 5.82 Å². The Hall–Kier alpha value is -2.42. The molecule has 0 bridgehead atoms. The Morgan fingerprint density at radius 3 is 2.90 bits per heavy atom. The lowest BCUT2D eigenvalue weighted by Crippen LogP contribution is -2.24. The minimum Gasteiger partial charge on any atom is -0.308 e. The van der Waals surface area contributed by atoms with Crippen molar-refractivity contribution in [1.29, 1.82) is 0 Å². The predicted molar refractivity (Wildman–Crippen MR) is 67.7 cm³/mol. The summed E-state index contributed by atoms with van der Waals surface area (Å²) in [5.41, 5.74) is -0.274. The number of nitrogens with zero attached hydrogens (tertiary/aromatic N) is 5. The van der Waals surface area contributed by atoms with Crippen molar-refractivity contribution < 1.29 is 9.31 Å². The number of nitrogens with one attached hydrogen (secondary N) is 1. The molecule has 1 heterocycles. The molecule has 2 rings (SSSR count). The maximum atomic E-state index is 13.3. The van der Waals surface area contributed by atoms with Gasteiger partial charge >= 0.3 is 5.69 Å². The second kappa shape index (κ2) is 5.70. The number of hydrogen-bond donors (Lipinski definition) is 1. The van der Waals surface area contributed by atoms with E-state index < -0.39 is 16.4 Å². The summed E-state index contributed by atoms with van der Waals surface area (Å²) in [5.74, 6) is -0.409. The summed E-state index contributed by atoms with van der Waals surface area (Å²) >= 11 is 0. The predicted octanol–water partition coefficient (Wildman–Crippen LogP) is 1.21. The third kappa shape index (κ3) is 2.94. The highest BCUT2D eigenvalue weighted by molar-refractivity contribution is 5.44. The number of nitro groups is 1. The van der Waals surface area contributed by atoms with Crippen molar-refractivity contribution in [3.63, 3.8) is 0 Å². The number of rotatable bonds is 5. The third-order valence-corrected chi connectivity index (χ3v) is 2.57. The van der Waals surface area contributed by atoms with Crippen LogP contribution in [0.5, 0.6) is 0 Å². The fraction of sp³-hybridized carbons (Fsp3) is 0.364. The van der Waals surface area contributed by atoms with Crippen molar-refractivity contribution in [2.75, 3.05) is 0 Å². The molecule has 0 amide bonds. The van der Waals surface area contributed by atoms with E-state index >= 15 is 0 Å². The first-order valence-corrected chi connectivity index (χ1v) is 5.94. The summed E-state index contributed by atoms with van der Waals surface area (Å²) in [6, 6.07) is 3.75. The second-order valence-electron chi connectivity index (χ2n) is 4.44. The molecule has 0 spiro atoms. The van der Waals surface area contributed by atoms with Gasteiger partial charge in [-0.15, -0.1) is 5.10 Å². The van der Waals surface area contributed by atoms with Gasteiger partial charge in [-0.1, -0.05) is 13.8 Å². The van der Waals surface area contributed by atoms with Crippen LogP contribution in [0, 0.1) is 15.9 Å². The first kappa shape index (κ1) is 14.0.